The van der Waals surface area contributed by atoms with Crippen LogP contribution in [0.5, 0.6) is 0 Å². The molecule has 0 aromatic rings. The van der Waals surface area contributed by atoms with Gasteiger partial charge in [0, 0.05) is 25.7 Å². The standard InChI is InChI=1S/C84H164O17P2/c1-6-9-12-15-18-21-24-26-28-29-30-31-35-40-45-50-55-60-65-70-84(89)101-80(74-95-82(87)68-63-58-53-48-43-38-36-32-34-37-42-46-51-56-61-66-77(4)5)76-99-103(92,93)97-72-78(85)71-96-102(90,91)98-75-79(73-94-81(86)67-62-57-52-47-41-23-20-17-14-11-8-3)100-83(88)69-64-59-54-49-44-39-33-27-25-22-19-16-13-10-7-2/h77-80,85H,6-76H2,1-5H3,(H,90,91)(H,92,93)/t78-,79+,80+/m0/s1. The maximum absolute atomic E-state index is 13.1. The van der Waals surface area contributed by atoms with Crippen molar-refractivity contribution in [2.24, 2.45) is 5.92 Å². The topological polar surface area (TPSA) is 237 Å². The maximum atomic E-state index is 13.1. The summed E-state index contributed by atoms with van der Waals surface area (Å²) >= 11 is 0. The molecule has 0 spiro atoms. The van der Waals surface area contributed by atoms with Crippen LogP contribution in [0.2, 0.25) is 0 Å². The quantitative estimate of drug-likeness (QED) is 0.0222. The summed E-state index contributed by atoms with van der Waals surface area (Å²) < 4.78 is 68.8. The number of phosphoric ester groups is 2. The predicted octanol–water partition coefficient (Wildman–Crippen LogP) is 25.6. The Kier molecular flexibility index (Phi) is 75.4. The van der Waals surface area contributed by atoms with Gasteiger partial charge in [-0.15, -0.1) is 0 Å². The molecule has 0 aliphatic carbocycles. The first-order chi connectivity index (χ1) is 50.0. The molecule has 0 aliphatic heterocycles. The lowest BCUT2D eigenvalue weighted by Crippen LogP contribution is -2.30. The second kappa shape index (κ2) is 76.8. The average molecular weight is 1510 g/mol. The summed E-state index contributed by atoms with van der Waals surface area (Å²) in [5.41, 5.74) is 0. The molecule has 0 heterocycles. The zero-order valence-corrected chi connectivity index (χ0v) is 69.3. The van der Waals surface area contributed by atoms with E-state index in [0.29, 0.717) is 25.7 Å². The number of aliphatic hydroxyl groups is 1. The van der Waals surface area contributed by atoms with Gasteiger partial charge in [0.25, 0.3) is 0 Å². The lowest BCUT2D eigenvalue weighted by atomic mass is 10.0. The molecule has 17 nitrogen and oxygen atoms in total. The number of carbonyl (C=O) groups excluding carboxylic acids is 4. The largest absolute Gasteiger partial charge is 0.472 e. The molecule has 0 radical (unpaired) electrons. The molecule has 0 aromatic carbocycles. The van der Waals surface area contributed by atoms with Crippen LogP contribution >= 0.6 is 15.6 Å². The third-order valence-electron chi connectivity index (χ3n) is 19.8. The first-order valence-corrected chi connectivity index (χ1v) is 46.6. The lowest BCUT2D eigenvalue weighted by Gasteiger charge is -2.21. The van der Waals surface area contributed by atoms with Crippen molar-refractivity contribution >= 4 is 39.5 Å². The summed E-state index contributed by atoms with van der Waals surface area (Å²) in [6.07, 6.45) is 69.3. The Balaban J connectivity index is 5.24. The highest BCUT2D eigenvalue weighted by atomic mass is 31.2. The van der Waals surface area contributed by atoms with Crippen molar-refractivity contribution in [3.8, 4) is 0 Å². The van der Waals surface area contributed by atoms with Crippen LogP contribution in [0.25, 0.3) is 0 Å². The van der Waals surface area contributed by atoms with Gasteiger partial charge in [-0.05, 0) is 31.6 Å². The molecule has 0 amide bonds. The minimum Gasteiger partial charge on any atom is -0.462 e. The van der Waals surface area contributed by atoms with E-state index in [4.69, 9.17) is 37.0 Å². The van der Waals surface area contributed by atoms with E-state index in [1.165, 1.54) is 276 Å². The Hall–Kier alpha value is -1.94. The lowest BCUT2D eigenvalue weighted by molar-refractivity contribution is -0.161. The van der Waals surface area contributed by atoms with E-state index in [1.807, 2.05) is 0 Å². The fraction of sp³-hybridized carbons (Fsp3) is 0.952. The molecule has 0 aromatic heterocycles. The molecule has 0 fully saturated rings. The molecule has 3 N–H and O–H groups in total. The highest BCUT2D eigenvalue weighted by Gasteiger charge is 2.30. The number of ether oxygens (including phenoxy) is 4. The molecule has 0 aliphatic rings. The summed E-state index contributed by atoms with van der Waals surface area (Å²) in [5, 5.41) is 10.7. The van der Waals surface area contributed by atoms with Crippen molar-refractivity contribution in [1.29, 1.82) is 0 Å². The van der Waals surface area contributed by atoms with Crippen LogP contribution in [0.1, 0.15) is 452 Å². The fourth-order valence-corrected chi connectivity index (χ4v) is 14.7. The number of aliphatic hydroxyl groups excluding tert-OH is 1. The van der Waals surface area contributed by atoms with Crippen LogP contribution < -0.4 is 0 Å². The summed E-state index contributed by atoms with van der Waals surface area (Å²) in [6, 6.07) is 0. The third-order valence-corrected chi connectivity index (χ3v) is 21.7. The van der Waals surface area contributed by atoms with E-state index in [9.17, 15) is 43.2 Å². The summed E-state index contributed by atoms with van der Waals surface area (Å²) in [5.74, 6) is -1.29. The summed E-state index contributed by atoms with van der Waals surface area (Å²) in [7, 11) is -9.92. The molecule has 0 rings (SSSR count). The molecule has 612 valence electrons. The zero-order valence-electron chi connectivity index (χ0n) is 67.5. The Morgan fingerprint density at radius 2 is 0.447 bits per heavy atom. The van der Waals surface area contributed by atoms with Gasteiger partial charge < -0.3 is 33.8 Å². The van der Waals surface area contributed by atoms with Crippen LogP contribution in [-0.2, 0) is 65.4 Å². The predicted molar refractivity (Wildman–Crippen MR) is 423 cm³/mol. The monoisotopic (exact) mass is 1510 g/mol. The number of hydrogen-bond acceptors (Lipinski definition) is 15. The number of rotatable bonds is 84. The Bertz CT molecular complexity index is 1960. The van der Waals surface area contributed by atoms with Crippen LogP contribution in [-0.4, -0.2) is 96.7 Å². The van der Waals surface area contributed by atoms with Crippen molar-refractivity contribution in [2.75, 3.05) is 39.6 Å². The molecule has 5 atom stereocenters. The molecular formula is C84H164O17P2. The van der Waals surface area contributed by atoms with E-state index in [2.05, 4.69) is 34.6 Å². The number of hydrogen-bond donors (Lipinski definition) is 3. The zero-order chi connectivity index (χ0) is 75.5. The van der Waals surface area contributed by atoms with E-state index >= 15 is 0 Å². The molecule has 0 saturated carbocycles. The van der Waals surface area contributed by atoms with Gasteiger partial charge >= 0.3 is 39.5 Å². The Morgan fingerprint density at radius 3 is 0.660 bits per heavy atom. The van der Waals surface area contributed by atoms with Gasteiger partial charge in [0.1, 0.15) is 19.3 Å². The molecule has 0 bridgehead atoms. The van der Waals surface area contributed by atoms with Gasteiger partial charge in [-0.1, -0.05) is 401 Å². The SMILES string of the molecule is CCCCCCCCCCCCCCCCCCCCCC(=O)O[C@H](COC(=O)CCCCCCCCCCCCCCCCCC(C)C)COP(=O)(O)OC[C@@H](O)COP(=O)(O)OC[C@@H](COC(=O)CCCCCCCCCCCCC)OC(=O)CCCCCCCCCCCCCCCCC. The smallest absolute Gasteiger partial charge is 0.462 e. The van der Waals surface area contributed by atoms with Gasteiger partial charge in [-0.3, -0.25) is 37.3 Å². The second-order valence-corrected chi connectivity index (χ2v) is 33.6. The molecule has 19 heteroatoms. The van der Waals surface area contributed by atoms with Crippen molar-refractivity contribution in [3.05, 3.63) is 0 Å². The molecule has 103 heavy (non-hydrogen) atoms. The van der Waals surface area contributed by atoms with Gasteiger partial charge in [0.15, 0.2) is 12.2 Å². The molecule has 0 saturated heterocycles. The van der Waals surface area contributed by atoms with Crippen LogP contribution in [0, 0.1) is 5.92 Å². The second-order valence-electron chi connectivity index (χ2n) is 30.7. The first kappa shape index (κ1) is 101. The van der Waals surface area contributed by atoms with E-state index in [1.54, 1.807) is 0 Å². The van der Waals surface area contributed by atoms with E-state index in [-0.39, 0.29) is 25.7 Å². The molecule has 2 unspecified atom stereocenters. The number of unbranched alkanes of at least 4 members (excludes halogenated alkanes) is 56. The minimum atomic E-state index is -4.96. The third kappa shape index (κ3) is 78.0. The maximum Gasteiger partial charge on any atom is 0.472 e. The van der Waals surface area contributed by atoms with E-state index < -0.39 is 97.5 Å². The number of carbonyl (C=O) groups is 4. The number of phosphoric acid groups is 2. The summed E-state index contributed by atoms with van der Waals surface area (Å²) in [6.45, 7) is 7.38. The van der Waals surface area contributed by atoms with Crippen LogP contribution in [0.4, 0.5) is 0 Å². The first-order valence-electron chi connectivity index (χ1n) is 43.6. The van der Waals surface area contributed by atoms with Gasteiger partial charge in [-0.2, -0.15) is 0 Å². The minimum absolute atomic E-state index is 0.109. The van der Waals surface area contributed by atoms with Crippen LogP contribution in [0.15, 0.2) is 0 Å². The van der Waals surface area contributed by atoms with Crippen molar-refractivity contribution in [1.82, 2.24) is 0 Å². The van der Waals surface area contributed by atoms with Gasteiger partial charge in [-0.25, -0.2) is 9.13 Å². The Labute approximate surface area is 632 Å². The highest BCUT2D eigenvalue weighted by Crippen LogP contribution is 2.45. The summed E-state index contributed by atoms with van der Waals surface area (Å²) in [4.78, 5) is 73.2. The normalized spacial score (nSPS) is 13.8. The number of esters is 4. The van der Waals surface area contributed by atoms with Crippen molar-refractivity contribution in [3.63, 3.8) is 0 Å². The van der Waals surface area contributed by atoms with E-state index in [0.717, 1.165) is 95.8 Å². The van der Waals surface area contributed by atoms with Crippen molar-refractivity contribution < 1.29 is 80.2 Å². The fourth-order valence-electron chi connectivity index (χ4n) is 13.1. The molecular weight excluding hydrogens is 1340 g/mol. The Morgan fingerprint density at radius 1 is 0.262 bits per heavy atom. The van der Waals surface area contributed by atoms with Crippen molar-refractivity contribution in [2.45, 2.75) is 470 Å². The highest BCUT2D eigenvalue weighted by molar-refractivity contribution is 7.47. The average Bonchev–Trinajstić information content (AvgIpc) is 0.988. The van der Waals surface area contributed by atoms with Gasteiger partial charge in [0.05, 0.1) is 26.4 Å². The van der Waals surface area contributed by atoms with Crippen LogP contribution in [0.3, 0.4) is 0 Å². The van der Waals surface area contributed by atoms with Gasteiger partial charge in [0.2, 0.25) is 0 Å².